The third kappa shape index (κ3) is 12.2. The van der Waals surface area contributed by atoms with Gasteiger partial charge in [0.05, 0.1) is 12.7 Å². The highest BCUT2D eigenvalue weighted by Gasteiger charge is 2.26. The number of methoxy groups -OCH3 is 1. The first kappa shape index (κ1) is 32.5. The fourth-order valence-electron chi connectivity index (χ4n) is 3.79. The summed E-state index contributed by atoms with van der Waals surface area (Å²) in [7, 11) is 1.65. The topological polar surface area (TPSA) is 114 Å². The van der Waals surface area contributed by atoms with Crippen LogP contribution in [0.5, 0.6) is 11.5 Å². The van der Waals surface area contributed by atoms with Crippen molar-refractivity contribution in [3.8, 4) is 11.5 Å². The number of phenolic OH excluding ortho intramolecular Hbond substituents is 1. The van der Waals surface area contributed by atoms with Gasteiger partial charge in [-0.1, -0.05) is 40.2 Å². The van der Waals surface area contributed by atoms with Gasteiger partial charge in [-0.2, -0.15) is 0 Å². The summed E-state index contributed by atoms with van der Waals surface area (Å²) in [5, 5.41) is 23.7. The number of ether oxygens (including phenoxy) is 2. The first-order valence-electron chi connectivity index (χ1n) is 12.3. The van der Waals surface area contributed by atoms with Crippen LogP contribution < -0.4 is 15.8 Å². The smallest absolute Gasteiger partial charge is 0.222 e. The van der Waals surface area contributed by atoms with E-state index in [2.05, 4.69) is 26.1 Å². The zero-order valence-electron chi connectivity index (χ0n) is 21.6. The Morgan fingerprint density at radius 2 is 1.85 bits per heavy atom. The van der Waals surface area contributed by atoms with Crippen molar-refractivity contribution in [2.24, 2.45) is 23.5 Å². The summed E-state index contributed by atoms with van der Waals surface area (Å²) in [5.74, 6) is 0.883. The molecule has 0 aromatic heterocycles. The number of carbonyl (C=O) groups excluding carboxylic acids is 1. The van der Waals surface area contributed by atoms with Gasteiger partial charge in [-0.3, -0.25) is 4.79 Å². The van der Waals surface area contributed by atoms with Gasteiger partial charge in [0.15, 0.2) is 11.5 Å². The number of nitrogens with two attached hydrogens (primary N) is 1. The van der Waals surface area contributed by atoms with Gasteiger partial charge < -0.3 is 30.7 Å². The van der Waals surface area contributed by atoms with E-state index in [9.17, 15) is 15.0 Å². The van der Waals surface area contributed by atoms with Crippen LogP contribution in [-0.2, 0) is 16.0 Å². The molecule has 0 aliphatic rings. The van der Waals surface area contributed by atoms with Crippen LogP contribution in [0, 0.1) is 17.8 Å². The van der Waals surface area contributed by atoms with Gasteiger partial charge in [-0.05, 0) is 55.2 Å². The minimum absolute atomic E-state index is 0. The van der Waals surface area contributed by atoms with Crippen molar-refractivity contribution >= 4 is 18.3 Å². The van der Waals surface area contributed by atoms with Crippen molar-refractivity contribution in [2.45, 2.75) is 78.4 Å². The Balaban J connectivity index is 0.0000109. The van der Waals surface area contributed by atoms with Crippen LogP contribution in [0.15, 0.2) is 18.2 Å². The average Bonchev–Trinajstić information content (AvgIpc) is 2.77. The summed E-state index contributed by atoms with van der Waals surface area (Å²) in [6.07, 6.45) is 3.75. The number of halogens is 1. The molecule has 0 saturated heterocycles. The molecule has 4 atom stereocenters. The molecule has 0 aliphatic carbocycles. The molecule has 0 spiro atoms. The second kappa shape index (κ2) is 17.8. The summed E-state index contributed by atoms with van der Waals surface area (Å²) in [4.78, 5) is 12.2. The van der Waals surface area contributed by atoms with E-state index in [1.165, 1.54) is 0 Å². The number of carbonyl (C=O) groups is 1. The highest BCUT2D eigenvalue weighted by atomic mass is 35.5. The van der Waals surface area contributed by atoms with Crippen molar-refractivity contribution < 1.29 is 24.5 Å². The molecular weight excluding hydrogens is 456 g/mol. The maximum Gasteiger partial charge on any atom is 0.222 e. The Hall–Kier alpha value is -1.54. The lowest BCUT2D eigenvalue weighted by atomic mass is 9.82. The van der Waals surface area contributed by atoms with E-state index in [-0.39, 0.29) is 35.9 Å². The highest BCUT2D eigenvalue weighted by molar-refractivity contribution is 5.85. The molecule has 1 aromatic carbocycles. The van der Waals surface area contributed by atoms with Gasteiger partial charge in [0.25, 0.3) is 0 Å². The molecule has 0 fully saturated rings. The van der Waals surface area contributed by atoms with Gasteiger partial charge in [0.1, 0.15) is 0 Å². The van der Waals surface area contributed by atoms with Crippen molar-refractivity contribution in [1.82, 2.24) is 5.32 Å². The van der Waals surface area contributed by atoms with E-state index in [0.29, 0.717) is 44.3 Å². The summed E-state index contributed by atoms with van der Waals surface area (Å²) in [6.45, 7) is 9.96. The van der Waals surface area contributed by atoms with Gasteiger partial charge in [0, 0.05) is 38.6 Å². The Morgan fingerprint density at radius 3 is 2.47 bits per heavy atom. The predicted molar refractivity (Wildman–Crippen MR) is 140 cm³/mol. The molecule has 7 nitrogen and oxygen atoms in total. The van der Waals surface area contributed by atoms with Gasteiger partial charge in [-0.15, -0.1) is 12.4 Å². The van der Waals surface area contributed by atoms with Crippen molar-refractivity contribution in [3.05, 3.63) is 23.8 Å². The number of aliphatic hydroxyl groups excluding tert-OH is 1. The van der Waals surface area contributed by atoms with E-state index in [4.69, 9.17) is 15.2 Å². The minimum Gasteiger partial charge on any atom is -0.504 e. The van der Waals surface area contributed by atoms with E-state index in [1.54, 1.807) is 13.2 Å². The fourth-order valence-corrected chi connectivity index (χ4v) is 3.79. The van der Waals surface area contributed by atoms with Crippen LogP contribution >= 0.6 is 12.4 Å². The molecule has 0 bridgehead atoms. The molecule has 5 N–H and O–H groups in total. The van der Waals surface area contributed by atoms with Crippen molar-refractivity contribution in [2.75, 3.05) is 26.9 Å². The number of phenols is 1. The molecule has 8 heteroatoms. The molecule has 1 aromatic rings. The number of aromatic hydroxyl groups is 1. The first-order valence-corrected chi connectivity index (χ1v) is 12.3. The lowest BCUT2D eigenvalue weighted by Crippen LogP contribution is -2.41. The van der Waals surface area contributed by atoms with E-state index in [1.807, 2.05) is 19.1 Å². The Labute approximate surface area is 212 Å². The number of hydrogen-bond donors (Lipinski definition) is 4. The highest BCUT2D eigenvalue weighted by Crippen LogP contribution is 2.30. The summed E-state index contributed by atoms with van der Waals surface area (Å²) in [6, 6.07) is 5.02. The number of benzene rings is 1. The molecule has 0 heterocycles. The SMILES string of the molecule is CCCCNC(=O)[C@H](C)C[C@H](O)[C@@H](N)C[C@H](Cc1ccc(O)c(OCCCOC)c1)C(C)C.Cl. The standard InChI is InChI=1S/C26H46N2O5.ClH/c1-6-7-11-28-26(31)19(4)14-24(30)22(27)17-21(18(2)3)15-20-9-10-23(29)25(16-20)33-13-8-12-32-5;/h9-10,16,18-19,21-22,24,29-30H,6-8,11-15,17,27H2,1-5H3,(H,28,31);1H/t19-,21+,22+,24+;/m1./s1. The van der Waals surface area contributed by atoms with Crippen LogP contribution in [0.4, 0.5) is 0 Å². The van der Waals surface area contributed by atoms with Crippen LogP contribution in [-0.4, -0.2) is 55.1 Å². The van der Waals surface area contributed by atoms with Crippen LogP contribution in [0.3, 0.4) is 0 Å². The maximum atomic E-state index is 12.2. The normalized spacial score (nSPS) is 14.7. The fraction of sp³-hybridized carbons (Fsp3) is 0.731. The number of rotatable bonds is 17. The van der Waals surface area contributed by atoms with E-state index < -0.39 is 12.1 Å². The number of aliphatic hydroxyl groups is 1. The lowest BCUT2D eigenvalue weighted by molar-refractivity contribution is -0.125. The Kier molecular flexibility index (Phi) is 17.0. The van der Waals surface area contributed by atoms with Crippen LogP contribution in [0.1, 0.15) is 65.4 Å². The molecule has 0 aliphatic heterocycles. The van der Waals surface area contributed by atoms with Gasteiger partial charge in [0.2, 0.25) is 5.91 Å². The number of unbranched alkanes of at least 4 members (excludes halogenated alkanes) is 1. The zero-order valence-corrected chi connectivity index (χ0v) is 22.4. The average molecular weight is 503 g/mol. The number of nitrogens with one attached hydrogen (secondary N) is 1. The molecule has 34 heavy (non-hydrogen) atoms. The molecule has 0 radical (unpaired) electrons. The van der Waals surface area contributed by atoms with E-state index >= 15 is 0 Å². The number of hydrogen-bond acceptors (Lipinski definition) is 6. The largest absolute Gasteiger partial charge is 0.504 e. The lowest BCUT2D eigenvalue weighted by Gasteiger charge is -2.28. The minimum atomic E-state index is -0.738. The first-order chi connectivity index (χ1) is 15.7. The number of amides is 1. The summed E-state index contributed by atoms with van der Waals surface area (Å²) < 4.78 is 10.7. The Bertz CT molecular complexity index is 689. The van der Waals surface area contributed by atoms with Crippen molar-refractivity contribution in [1.29, 1.82) is 0 Å². The van der Waals surface area contributed by atoms with Crippen molar-refractivity contribution in [3.63, 3.8) is 0 Å². The summed E-state index contributed by atoms with van der Waals surface area (Å²) >= 11 is 0. The summed E-state index contributed by atoms with van der Waals surface area (Å²) in [5.41, 5.74) is 7.42. The molecular formula is C26H47ClN2O5. The van der Waals surface area contributed by atoms with Gasteiger partial charge >= 0.3 is 0 Å². The van der Waals surface area contributed by atoms with Gasteiger partial charge in [-0.25, -0.2) is 0 Å². The van der Waals surface area contributed by atoms with Crippen LogP contribution in [0.25, 0.3) is 0 Å². The van der Waals surface area contributed by atoms with E-state index in [0.717, 1.165) is 31.2 Å². The Morgan fingerprint density at radius 1 is 1.15 bits per heavy atom. The molecule has 0 unspecified atom stereocenters. The molecule has 1 rings (SSSR count). The van der Waals surface area contributed by atoms with Crippen LogP contribution in [0.2, 0.25) is 0 Å². The third-order valence-corrected chi connectivity index (χ3v) is 6.16. The molecule has 198 valence electrons. The quantitative estimate of drug-likeness (QED) is 0.239. The predicted octanol–water partition coefficient (Wildman–Crippen LogP) is 4.06. The molecule has 1 amide bonds. The zero-order chi connectivity index (χ0) is 24.8. The third-order valence-electron chi connectivity index (χ3n) is 6.16. The second-order valence-electron chi connectivity index (χ2n) is 9.45. The second-order valence-corrected chi connectivity index (χ2v) is 9.45. The monoisotopic (exact) mass is 502 g/mol. The molecule has 0 saturated carbocycles. The maximum absolute atomic E-state index is 12.2.